The Bertz CT molecular complexity index is 1060. The first-order chi connectivity index (χ1) is 12.7. The molecule has 0 unspecified atom stereocenters. The summed E-state index contributed by atoms with van der Waals surface area (Å²) in [4.78, 5) is 7.09. The van der Waals surface area contributed by atoms with Crippen LogP contribution in [0.5, 0.6) is 0 Å². The highest BCUT2D eigenvalue weighted by atomic mass is 15.3. The average Bonchev–Trinajstić information content (AvgIpc) is 3.15. The lowest BCUT2D eigenvalue weighted by Crippen LogP contribution is -2.21. The molecule has 4 rings (SSSR count). The fraction of sp³-hybridized carbons (Fsp3) is 0.250. The van der Waals surface area contributed by atoms with Crippen LogP contribution in [-0.2, 0) is 0 Å². The molecule has 0 aliphatic carbocycles. The second kappa shape index (κ2) is 6.63. The van der Waals surface area contributed by atoms with E-state index < -0.39 is 0 Å². The van der Waals surface area contributed by atoms with Crippen LogP contribution in [-0.4, -0.2) is 32.7 Å². The fourth-order valence-corrected chi connectivity index (χ4v) is 3.29. The Morgan fingerprint density at radius 1 is 1.08 bits per heavy atom. The van der Waals surface area contributed by atoms with E-state index in [9.17, 15) is 0 Å². The smallest absolute Gasteiger partial charge is 0.204 e. The Morgan fingerprint density at radius 3 is 2.65 bits per heavy atom. The van der Waals surface area contributed by atoms with E-state index in [-0.39, 0.29) is 0 Å². The Morgan fingerprint density at radius 2 is 1.88 bits per heavy atom. The normalized spacial score (nSPS) is 11.2. The first kappa shape index (κ1) is 16.3. The minimum atomic E-state index is 0.708. The highest BCUT2D eigenvalue weighted by Gasteiger charge is 2.12. The molecule has 4 aromatic rings. The van der Waals surface area contributed by atoms with Crippen LogP contribution in [0.1, 0.15) is 19.4 Å². The third-order valence-corrected chi connectivity index (χ3v) is 4.72. The number of anilines is 3. The molecule has 0 fully saturated rings. The molecule has 2 aromatic heterocycles. The highest BCUT2D eigenvalue weighted by molar-refractivity contribution is 5.84. The minimum absolute atomic E-state index is 0.708. The number of rotatable bonds is 5. The number of para-hydroxylation sites is 2. The predicted octanol–water partition coefficient (Wildman–Crippen LogP) is 4.18. The third-order valence-electron chi connectivity index (χ3n) is 4.72. The average molecular weight is 346 g/mol. The Balaban J connectivity index is 1.76. The standard InChI is InChI=1S/C20H22N6/c1-4-25(5-2)15-10-11-16(14(3)12-15)22-19-20-24-21-13-26(20)18-9-7-6-8-17(18)23-19/h6-13H,4-5H2,1-3H3,(H,22,23). The van der Waals surface area contributed by atoms with E-state index >= 15 is 0 Å². The summed E-state index contributed by atoms with van der Waals surface area (Å²) >= 11 is 0. The Labute approximate surface area is 152 Å². The van der Waals surface area contributed by atoms with Crippen molar-refractivity contribution in [2.24, 2.45) is 0 Å². The predicted molar refractivity (Wildman–Crippen MR) is 106 cm³/mol. The number of fused-ring (bicyclic) bond motifs is 3. The molecule has 0 aliphatic heterocycles. The fourth-order valence-electron chi connectivity index (χ4n) is 3.29. The van der Waals surface area contributed by atoms with Gasteiger partial charge in [0.2, 0.25) is 5.65 Å². The summed E-state index contributed by atoms with van der Waals surface area (Å²) in [6, 6.07) is 14.4. The highest BCUT2D eigenvalue weighted by Crippen LogP contribution is 2.27. The maximum absolute atomic E-state index is 4.76. The van der Waals surface area contributed by atoms with Gasteiger partial charge in [0.25, 0.3) is 0 Å². The summed E-state index contributed by atoms with van der Waals surface area (Å²) in [5.74, 6) is 0.708. The van der Waals surface area contributed by atoms with Crippen LogP contribution in [0.25, 0.3) is 16.7 Å². The monoisotopic (exact) mass is 346 g/mol. The van der Waals surface area contributed by atoms with Crippen LogP contribution in [0.15, 0.2) is 48.8 Å². The minimum Gasteiger partial charge on any atom is -0.372 e. The second-order valence-electron chi connectivity index (χ2n) is 6.27. The number of hydrogen-bond donors (Lipinski definition) is 1. The topological polar surface area (TPSA) is 58.4 Å². The molecule has 2 heterocycles. The number of aromatic nitrogens is 4. The van der Waals surface area contributed by atoms with Gasteiger partial charge in [-0.25, -0.2) is 4.98 Å². The summed E-state index contributed by atoms with van der Waals surface area (Å²) in [6.07, 6.45) is 1.72. The molecule has 132 valence electrons. The van der Waals surface area contributed by atoms with Gasteiger partial charge >= 0.3 is 0 Å². The first-order valence-electron chi connectivity index (χ1n) is 8.92. The number of nitrogens with one attached hydrogen (secondary N) is 1. The number of nitrogens with zero attached hydrogens (tertiary/aromatic N) is 5. The van der Waals surface area contributed by atoms with Gasteiger partial charge in [-0.3, -0.25) is 4.40 Å². The maximum atomic E-state index is 4.76. The lowest BCUT2D eigenvalue weighted by atomic mass is 10.1. The zero-order chi connectivity index (χ0) is 18.1. The molecule has 0 atom stereocenters. The number of aryl methyl sites for hydroxylation is 1. The van der Waals surface area contributed by atoms with E-state index in [0.29, 0.717) is 5.82 Å². The van der Waals surface area contributed by atoms with Crippen LogP contribution >= 0.6 is 0 Å². The van der Waals surface area contributed by atoms with E-state index in [2.05, 4.69) is 59.4 Å². The van der Waals surface area contributed by atoms with E-state index in [1.807, 2.05) is 28.7 Å². The van der Waals surface area contributed by atoms with Crippen LogP contribution in [0.2, 0.25) is 0 Å². The molecule has 1 N–H and O–H groups in total. The summed E-state index contributed by atoms with van der Waals surface area (Å²) in [5, 5.41) is 11.8. The van der Waals surface area contributed by atoms with Crippen molar-refractivity contribution < 1.29 is 0 Å². The van der Waals surface area contributed by atoms with Gasteiger partial charge in [0.1, 0.15) is 6.33 Å². The molecule has 0 aliphatic rings. The third kappa shape index (κ3) is 2.73. The van der Waals surface area contributed by atoms with Gasteiger partial charge in [0.05, 0.1) is 11.0 Å². The summed E-state index contributed by atoms with van der Waals surface area (Å²) in [6.45, 7) is 8.44. The van der Waals surface area contributed by atoms with Gasteiger partial charge in [-0.05, 0) is 56.7 Å². The van der Waals surface area contributed by atoms with Crippen molar-refractivity contribution >= 4 is 33.9 Å². The number of hydrogen-bond acceptors (Lipinski definition) is 5. The maximum Gasteiger partial charge on any atom is 0.204 e. The van der Waals surface area contributed by atoms with Gasteiger partial charge in [0.15, 0.2) is 5.82 Å². The van der Waals surface area contributed by atoms with Crippen molar-refractivity contribution in [3.8, 4) is 0 Å². The Hall–Kier alpha value is -3.15. The second-order valence-corrected chi connectivity index (χ2v) is 6.27. The molecule has 0 radical (unpaired) electrons. The lowest BCUT2D eigenvalue weighted by Gasteiger charge is -2.22. The first-order valence-corrected chi connectivity index (χ1v) is 8.92. The van der Waals surface area contributed by atoms with Crippen LogP contribution < -0.4 is 10.2 Å². The van der Waals surface area contributed by atoms with Crippen molar-refractivity contribution in [3.63, 3.8) is 0 Å². The van der Waals surface area contributed by atoms with Crippen molar-refractivity contribution in [2.45, 2.75) is 20.8 Å². The molecule has 0 saturated heterocycles. The molecule has 0 saturated carbocycles. The van der Waals surface area contributed by atoms with E-state index in [1.54, 1.807) is 6.33 Å². The van der Waals surface area contributed by atoms with Crippen molar-refractivity contribution in [2.75, 3.05) is 23.3 Å². The molecule has 26 heavy (non-hydrogen) atoms. The van der Waals surface area contributed by atoms with Gasteiger partial charge in [-0.15, -0.1) is 10.2 Å². The Kier molecular flexibility index (Phi) is 4.16. The molecule has 0 spiro atoms. The van der Waals surface area contributed by atoms with Crippen molar-refractivity contribution in [1.29, 1.82) is 0 Å². The van der Waals surface area contributed by atoms with Crippen LogP contribution in [0.4, 0.5) is 17.2 Å². The molecule has 0 amide bonds. The van der Waals surface area contributed by atoms with E-state index in [1.165, 1.54) is 11.3 Å². The van der Waals surface area contributed by atoms with Gasteiger partial charge < -0.3 is 10.2 Å². The quantitative estimate of drug-likeness (QED) is 0.587. The van der Waals surface area contributed by atoms with Crippen LogP contribution in [0, 0.1) is 6.92 Å². The SMILES string of the molecule is CCN(CC)c1ccc(Nc2nc3ccccc3n3cnnc23)c(C)c1. The van der Waals surface area contributed by atoms with Gasteiger partial charge in [0, 0.05) is 24.5 Å². The summed E-state index contributed by atoms with van der Waals surface area (Å²) < 4.78 is 1.96. The van der Waals surface area contributed by atoms with Crippen molar-refractivity contribution in [1.82, 2.24) is 19.6 Å². The molecule has 6 heteroatoms. The summed E-state index contributed by atoms with van der Waals surface area (Å²) in [7, 11) is 0. The zero-order valence-corrected chi connectivity index (χ0v) is 15.3. The molecular weight excluding hydrogens is 324 g/mol. The van der Waals surface area contributed by atoms with Crippen LogP contribution in [0.3, 0.4) is 0 Å². The van der Waals surface area contributed by atoms with Gasteiger partial charge in [-0.1, -0.05) is 12.1 Å². The van der Waals surface area contributed by atoms with Crippen molar-refractivity contribution in [3.05, 3.63) is 54.4 Å². The summed E-state index contributed by atoms with van der Waals surface area (Å²) in [5.41, 5.74) is 6.04. The molecule has 2 aromatic carbocycles. The zero-order valence-electron chi connectivity index (χ0n) is 15.3. The molecule has 6 nitrogen and oxygen atoms in total. The van der Waals surface area contributed by atoms with Gasteiger partial charge in [-0.2, -0.15) is 0 Å². The largest absolute Gasteiger partial charge is 0.372 e. The lowest BCUT2D eigenvalue weighted by molar-refractivity contribution is 0.866. The van der Waals surface area contributed by atoms with E-state index in [4.69, 9.17) is 4.98 Å². The molecular formula is C20H22N6. The molecule has 0 bridgehead atoms. The van der Waals surface area contributed by atoms with E-state index in [0.717, 1.165) is 35.5 Å². The number of benzene rings is 2.